The van der Waals surface area contributed by atoms with E-state index in [0.717, 1.165) is 37.1 Å². The highest BCUT2D eigenvalue weighted by atomic mass is 19.4. The number of fused-ring (bicyclic) bond motifs is 2. The van der Waals surface area contributed by atoms with Crippen molar-refractivity contribution in [2.45, 2.75) is 31.4 Å². The van der Waals surface area contributed by atoms with Crippen LogP contribution in [0.3, 0.4) is 0 Å². The largest absolute Gasteiger partial charge is 0.463 e. The van der Waals surface area contributed by atoms with Gasteiger partial charge in [0, 0.05) is 0 Å². The van der Waals surface area contributed by atoms with Gasteiger partial charge in [-0.1, -0.05) is 0 Å². The van der Waals surface area contributed by atoms with Crippen molar-refractivity contribution in [3.63, 3.8) is 0 Å². The number of hydrogen-bond donors (Lipinski definition) is 1. The summed E-state index contributed by atoms with van der Waals surface area (Å²) < 4.78 is 68.5. The van der Waals surface area contributed by atoms with E-state index in [4.69, 9.17) is 4.42 Å². The lowest BCUT2D eigenvalue weighted by molar-refractivity contribution is -0.297. The Morgan fingerprint density at radius 1 is 1.00 bits per heavy atom. The fourth-order valence-electron chi connectivity index (χ4n) is 2.53. The summed E-state index contributed by atoms with van der Waals surface area (Å²) in [5.74, 6) is -6.70. The van der Waals surface area contributed by atoms with E-state index in [1.165, 1.54) is 6.07 Å². The zero-order valence-corrected chi connectivity index (χ0v) is 11.4. The number of rotatable bonds is 1. The van der Waals surface area contributed by atoms with Crippen LogP contribution in [0, 0.1) is 0 Å². The molecule has 0 bridgehead atoms. The average Bonchev–Trinajstić information content (AvgIpc) is 2.80. The molecule has 2 heterocycles. The zero-order chi connectivity index (χ0) is 16.0. The molecular weight excluding hydrogens is 307 g/mol. The van der Waals surface area contributed by atoms with E-state index in [9.17, 15) is 22.0 Å². The molecule has 0 unspecified atom stereocenters. The van der Waals surface area contributed by atoms with Crippen LogP contribution in [0.25, 0.3) is 11.1 Å². The standard InChI is InChI=1S/C14H13F5N2O/c15-13(16,14(17,18)19)12-21-10-6-8-2-1-4-20-5-3-9(8)7-11(10)22-12/h6-7,20H,1-5H2. The van der Waals surface area contributed by atoms with Crippen LogP contribution >= 0.6 is 0 Å². The highest BCUT2D eigenvalue weighted by Gasteiger charge is 2.62. The van der Waals surface area contributed by atoms with E-state index in [1.54, 1.807) is 6.07 Å². The monoisotopic (exact) mass is 320 g/mol. The highest BCUT2D eigenvalue weighted by Crippen LogP contribution is 2.44. The summed E-state index contributed by atoms with van der Waals surface area (Å²) in [6.07, 6.45) is -3.48. The molecule has 3 rings (SSSR count). The summed E-state index contributed by atoms with van der Waals surface area (Å²) in [4.78, 5) is 3.36. The smallest absolute Gasteiger partial charge is 0.435 e. The molecule has 0 saturated heterocycles. The lowest BCUT2D eigenvalue weighted by Crippen LogP contribution is -2.33. The first-order valence-corrected chi connectivity index (χ1v) is 6.87. The average molecular weight is 320 g/mol. The predicted molar refractivity (Wildman–Crippen MR) is 68.9 cm³/mol. The third-order valence-corrected chi connectivity index (χ3v) is 3.71. The van der Waals surface area contributed by atoms with Gasteiger partial charge in [-0.15, -0.1) is 0 Å². The molecule has 1 aliphatic rings. The molecule has 0 radical (unpaired) electrons. The molecule has 0 fully saturated rings. The predicted octanol–water partition coefficient (Wildman–Crippen LogP) is 3.56. The van der Waals surface area contributed by atoms with Gasteiger partial charge >= 0.3 is 12.1 Å². The minimum atomic E-state index is -5.73. The first-order valence-electron chi connectivity index (χ1n) is 6.87. The summed E-state index contributed by atoms with van der Waals surface area (Å²) in [6, 6.07) is 3.07. The first-order chi connectivity index (χ1) is 10.3. The summed E-state index contributed by atoms with van der Waals surface area (Å²) in [5.41, 5.74) is 1.80. The number of benzene rings is 1. The van der Waals surface area contributed by atoms with Crippen LogP contribution in [-0.2, 0) is 18.8 Å². The maximum atomic E-state index is 13.3. The van der Waals surface area contributed by atoms with Gasteiger partial charge in [-0.25, -0.2) is 4.98 Å². The Morgan fingerprint density at radius 2 is 1.73 bits per heavy atom. The second-order valence-corrected chi connectivity index (χ2v) is 5.28. The molecule has 0 spiro atoms. The molecule has 0 amide bonds. The molecule has 0 aliphatic carbocycles. The summed E-state index contributed by atoms with van der Waals surface area (Å²) in [6.45, 7) is 1.56. The van der Waals surface area contributed by atoms with Gasteiger partial charge in [0.05, 0.1) is 0 Å². The molecule has 1 N–H and O–H groups in total. The fourth-order valence-corrected chi connectivity index (χ4v) is 2.53. The van der Waals surface area contributed by atoms with Crippen LogP contribution < -0.4 is 5.32 Å². The molecule has 1 aromatic carbocycles. The molecule has 22 heavy (non-hydrogen) atoms. The second-order valence-electron chi connectivity index (χ2n) is 5.28. The molecule has 120 valence electrons. The molecule has 2 aromatic rings. The van der Waals surface area contributed by atoms with Gasteiger partial charge in [0.25, 0.3) is 5.89 Å². The summed E-state index contributed by atoms with van der Waals surface area (Å²) in [7, 11) is 0. The van der Waals surface area contributed by atoms with Crippen molar-refractivity contribution in [2.24, 2.45) is 0 Å². The Morgan fingerprint density at radius 3 is 2.45 bits per heavy atom. The van der Waals surface area contributed by atoms with Crippen molar-refractivity contribution in [3.05, 3.63) is 29.2 Å². The van der Waals surface area contributed by atoms with E-state index >= 15 is 0 Å². The Balaban J connectivity index is 2.07. The zero-order valence-electron chi connectivity index (χ0n) is 11.4. The van der Waals surface area contributed by atoms with E-state index in [-0.39, 0.29) is 11.1 Å². The SMILES string of the molecule is FC(F)(F)C(F)(F)c1nc2cc3c(cc2o1)CCNCCC3. The molecular formula is C14H13F5N2O. The van der Waals surface area contributed by atoms with Crippen LogP contribution in [0.4, 0.5) is 22.0 Å². The van der Waals surface area contributed by atoms with Crippen LogP contribution in [0.1, 0.15) is 23.4 Å². The lowest BCUT2D eigenvalue weighted by Gasteiger charge is -2.15. The van der Waals surface area contributed by atoms with Crippen molar-refractivity contribution in [2.75, 3.05) is 13.1 Å². The molecule has 3 nitrogen and oxygen atoms in total. The van der Waals surface area contributed by atoms with Crippen LogP contribution in [-0.4, -0.2) is 24.2 Å². The van der Waals surface area contributed by atoms with Gasteiger partial charge in [-0.05, 0) is 55.6 Å². The molecule has 0 saturated carbocycles. The normalized spacial score (nSPS) is 17.1. The number of aryl methyl sites for hydroxylation is 1. The van der Waals surface area contributed by atoms with Gasteiger partial charge in [0.1, 0.15) is 5.52 Å². The third-order valence-electron chi connectivity index (χ3n) is 3.71. The molecule has 1 aliphatic heterocycles. The second kappa shape index (κ2) is 5.19. The topological polar surface area (TPSA) is 38.1 Å². The fraction of sp³-hybridized carbons (Fsp3) is 0.500. The number of nitrogens with zero attached hydrogens (tertiary/aromatic N) is 1. The van der Waals surface area contributed by atoms with Crippen LogP contribution in [0.15, 0.2) is 16.5 Å². The van der Waals surface area contributed by atoms with Crippen molar-refractivity contribution < 1.29 is 26.4 Å². The first kappa shape index (κ1) is 15.2. The van der Waals surface area contributed by atoms with Gasteiger partial charge in [0.15, 0.2) is 5.58 Å². The van der Waals surface area contributed by atoms with Crippen LogP contribution in [0.5, 0.6) is 0 Å². The van der Waals surface area contributed by atoms with Crippen molar-refractivity contribution in [3.8, 4) is 0 Å². The van der Waals surface area contributed by atoms with Gasteiger partial charge in [-0.3, -0.25) is 0 Å². The molecule has 8 heteroatoms. The number of halogens is 5. The van der Waals surface area contributed by atoms with E-state index in [0.29, 0.717) is 6.42 Å². The minimum Gasteiger partial charge on any atom is -0.435 e. The Labute approximate surface area is 122 Å². The van der Waals surface area contributed by atoms with Gasteiger partial charge < -0.3 is 9.73 Å². The minimum absolute atomic E-state index is 0.0335. The Bertz CT molecular complexity index is 647. The van der Waals surface area contributed by atoms with E-state index in [2.05, 4.69) is 10.3 Å². The van der Waals surface area contributed by atoms with Crippen molar-refractivity contribution in [1.82, 2.24) is 10.3 Å². The third kappa shape index (κ3) is 2.55. The van der Waals surface area contributed by atoms with Crippen LogP contribution in [0.2, 0.25) is 0 Å². The van der Waals surface area contributed by atoms with E-state index < -0.39 is 18.0 Å². The number of alkyl halides is 5. The maximum absolute atomic E-state index is 13.3. The Kier molecular flexibility index (Phi) is 3.58. The number of hydrogen-bond acceptors (Lipinski definition) is 3. The number of nitrogens with one attached hydrogen (secondary N) is 1. The molecule has 1 aromatic heterocycles. The van der Waals surface area contributed by atoms with Gasteiger partial charge in [-0.2, -0.15) is 22.0 Å². The van der Waals surface area contributed by atoms with E-state index in [1.807, 2.05) is 0 Å². The summed E-state index contributed by atoms with van der Waals surface area (Å²) in [5, 5.41) is 3.21. The summed E-state index contributed by atoms with van der Waals surface area (Å²) >= 11 is 0. The lowest BCUT2D eigenvalue weighted by atomic mass is 9.98. The van der Waals surface area contributed by atoms with Gasteiger partial charge in [0.2, 0.25) is 0 Å². The number of oxazole rings is 1. The quantitative estimate of drug-likeness (QED) is 0.817. The van der Waals surface area contributed by atoms with Crippen molar-refractivity contribution in [1.29, 1.82) is 0 Å². The molecule has 0 atom stereocenters. The number of aromatic nitrogens is 1. The highest BCUT2D eigenvalue weighted by molar-refractivity contribution is 5.75. The van der Waals surface area contributed by atoms with Crippen molar-refractivity contribution >= 4 is 11.1 Å². The maximum Gasteiger partial charge on any atom is 0.463 e. The Hall–Kier alpha value is -1.70.